The monoisotopic (exact) mass is 467 g/mol. The van der Waals surface area contributed by atoms with Crippen LogP contribution in [0.5, 0.6) is 0 Å². The second-order valence-electron chi connectivity index (χ2n) is 7.48. The second-order valence-corrected chi connectivity index (χ2v) is 10.5. The maximum absolute atomic E-state index is 13.4. The zero-order valence-corrected chi connectivity index (χ0v) is 20.1. The first-order valence-electron chi connectivity index (χ1n) is 9.21. The van der Waals surface area contributed by atoms with Crippen LogP contribution in [0.25, 0.3) is 10.2 Å². The smallest absolute Gasteiger partial charge is 0.260 e. The van der Waals surface area contributed by atoms with Crippen molar-refractivity contribution in [1.29, 1.82) is 0 Å². The number of aromatic nitrogens is 1. The minimum atomic E-state index is -3.30. The molecule has 30 heavy (non-hydrogen) atoms. The van der Waals surface area contributed by atoms with Gasteiger partial charge in [-0.25, -0.2) is 13.4 Å². The third-order valence-corrected chi connectivity index (χ3v) is 6.80. The standard InChI is InChI=1S/C21H25N3O3S2.ClH/c1-14-6-7-15(2)17(12-14)20(25)24(11-10-23(3)4)21-22-18-9-8-16(29(5,26)27)13-19(18)28-21;/h6-9,12-13H,10-11H2,1-5H3;1H. The molecule has 0 fully saturated rings. The van der Waals surface area contributed by atoms with Gasteiger partial charge in [-0.05, 0) is 57.8 Å². The Morgan fingerprint density at radius 2 is 1.77 bits per heavy atom. The van der Waals surface area contributed by atoms with Gasteiger partial charge >= 0.3 is 0 Å². The van der Waals surface area contributed by atoms with Crippen LogP contribution in [0.15, 0.2) is 41.3 Å². The van der Waals surface area contributed by atoms with E-state index >= 15 is 0 Å². The number of thiazole rings is 1. The van der Waals surface area contributed by atoms with Crippen molar-refractivity contribution < 1.29 is 13.2 Å². The number of hydrogen-bond donors (Lipinski definition) is 0. The van der Waals surface area contributed by atoms with E-state index in [0.717, 1.165) is 15.8 Å². The summed E-state index contributed by atoms with van der Waals surface area (Å²) in [5, 5.41) is 0.568. The number of amides is 1. The lowest BCUT2D eigenvalue weighted by Gasteiger charge is -2.23. The summed E-state index contributed by atoms with van der Waals surface area (Å²) in [5.74, 6) is -0.101. The van der Waals surface area contributed by atoms with Crippen molar-refractivity contribution in [3.63, 3.8) is 0 Å². The highest BCUT2D eigenvalue weighted by molar-refractivity contribution is 7.90. The Balaban J connectivity index is 0.00000320. The van der Waals surface area contributed by atoms with E-state index in [4.69, 9.17) is 0 Å². The van der Waals surface area contributed by atoms with Crippen molar-refractivity contribution >= 4 is 54.8 Å². The van der Waals surface area contributed by atoms with Crippen LogP contribution >= 0.6 is 23.7 Å². The zero-order chi connectivity index (χ0) is 21.3. The van der Waals surface area contributed by atoms with Crippen molar-refractivity contribution in [3.05, 3.63) is 53.1 Å². The molecule has 1 amide bonds. The molecule has 1 heterocycles. The van der Waals surface area contributed by atoms with E-state index in [1.807, 2.05) is 51.0 Å². The average Bonchev–Trinajstić information content (AvgIpc) is 3.05. The van der Waals surface area contributed by atoms with Crippen LogP contribution in [-0.2, 0) is 9.84 Å². The quantitative estimate of drug-likeness (QED) is 0.549. The number of hydrogen-bond acceptors (Lipinski definition) is 6. The maximum atomic E-state index is 13.4. The molecule has 0 N–H and O–H groups in total. The Kier molecular flexibility index (Phi) is 7.63. The van der Waals surface area contributed by atoms with Gasteiger partial charge in [0.15, 0.2) is 15.0 Å². The maximum Gasteiger partial charge on any atom is 0.260 e. The zero-order valence-electron chi connectivity index (χ0n) is 17.7. The molecule has 9 heteroatoms. The topological polar surface area (TPSA) is 70.6 Å². The molecule has 162 valence electrons. The highest BCUT2D eigenvalue weighted by Crippen LogP contribution is 2.31. The Morgan fingerprint density at radius 3 is 2.40 bits per heavy atom. The van der Waals surface area contributed by atoms with Crippen LogP contribution in [0.3, 0.4) is 0 Å². The normalized spacial score (nSPS) is 11.5. The number of carbonyl (C=O) groups is 1. The number of anilines is 1. The van der Waals surface area contributed by atoms with Crippen LogP contribution in [-0.4, -0.2) is 57.6 Å². The van der Waals surface area contributed by atoms with Gasteiger partial charge in [0.1, 0.15) is 0 Å². The minimum Gasteiger partial charge on any atom is -0.308 e. The SMILES string of the molecule is Cc1ccc(C)c(C(=O)N(CCN(C)C)c2nc3ccc(S(C)(=O)=O)cc3s2)c1.Cl. The van der Waals surface area contributed by atoms with Crippen molar-refractivity contribution in [3.8, 4) is 0 Å². The van der Waals surface area contributed by atoms with Crippen molar-refractivity contribution in [2.45, 2.75) is 18.7 Å². The number of likely N-dealkylation sites (N-methyl/N-ethyl adjacent to an activating group) is 1. The predicted molar refractivity (Wildman–Crippen MR) is 126 cm³/mol. The van der Waals surface area contributed by atoms with Crippen LogP contribution in [0.4, 0.5) is 5.13 Å². The van der Waals surface area contributed by atoms with Gasteiger partial charge in [-0.2, -0.15) is 0 Å². The first-order chi connectivity index (χ1) is 13.6. The second kappa shape index (κ2) is 9.43. The van der Waals surface area contributed by atoms with Gasteiger partial charge in [0.25, 0.3) is 5.91 Å². The molecule has 0 bridgehead atoms. The summed E-state index contributed by atoms with van der Waals surface area (Å²) < 4.78 is 24.5. The van der Waals surface area contributed by atoms with Gasteiger partial charge in [0.2, 0.25) is 0 Å². The summed E-state index contributed by atoms with van der Waals surface area (Å²) in [6, 6.07) is 10.7. The number of carbonyl (C=O) groups excluding carboxylic acids is 1. The van der Waals surface area contributed by atoms with E-state index in [2.05, 4.69) is 4.98 Å². The molecule has 0 saturated carbocycles. The average molecular weight is 468 g/mol. The highest BCUT2D eigenvalue weighted by Gasteiger charge is 2.23. The molecule has 0 aliphatic heterocycles. The number of rotatable bonds is 6. The van der Waals surface area contributed by atoms with Gasteiger partial charge < -0.3 is 4.90 Å². The molecule has 3 rings (SSSR count). The first-order valence-corrected chi connectivity index (χ1v) is 11.9. The summed E-state index contributed by atoms with van der Waals surface area (Å²) >= 11 is 1.33. The van der Waals surface area contributed by atoms with Gasteiger partial charge in [-0.1, -0.05) is 29.0 Å². The number of benzene rings is 2. The summed E-state index contributed by atoms with van der Waals surface area (Å²) in [6.07, 6.45) is 1.18. The molecule has 3 aromatic rings. The van der Waals surface area contributed by atoms with E-state index in [9.17, 15) is 13.2 Å². The number of sulfone groups is 1. The Labute approximate surface area is 187 Å². The van der Waals surface area contributed by atoms with E-state index < -0.39 is 9.84 Å². The van der Waals surface area contributed by atoms with Gasteiger partial charge in [0.05, 0.1) is 15.1 Å². The third kappa shape index (κ3) is 5.37. The lowest BCUT2D eigenvalue weighted by atomic mass is 10.0. The summed E-state index contributed by atoms with van der Waals surface area (Å²) in [5.41, 5.74) is 3.27. The summed E-state index contributed by atoms with van der Waals surface area (Å²) in [6.45, 7) is 5.05. The lowest BCUT2D eigenvalue weighted by molar-refractivity contribution is 0.0984. The number of halogens is 1. The Bertz CT molecular complexity index is 1170. The number of aryl methyl sites for hydroxylation is 2. The summed E-state index contributed by atoms with van der Waals surface area (Å²) in [4.78, 5) is 22.0. The fourth-order valence-corrected chi connectivity index (χ4v) is 4.69. The molecular weight excluding hydrogens is 442 g/mol. The van der Waals surface area contributed by atoms with Crippen molar-refractivity contribution in [1.82, 2.24) is 9.88 Å². The molecule has 0 unspecified atom stereocenters. The first kappa shape index (κ1) is 24.3. The van der Waals surface area contributed by atoms with Gasteiger partial charge in [0, 0.05) is 24.9 Å². The minimum absolute atomic E-state index is 0. The molecule has 0 aliphatic carbocycles. The fourth-order valence-electron chi connectivity index (χ4n) is 2.93. The molecular formula is C21H26ClN3O3S2. The fraction of sp³-hybridized carbons (Fsp3) is 0.333. The van der Waals surface area contributed by atoms with Gasteiger partial charge in [-0.15, -0.1) is 12.4 Å². The molecule has 1 aromatic heterocycles. The Morgan fingerprint density at radius 1 is 1.07 bits per heavy atom. The van der Waals surface area contributed by atoms with E-state index in [0.29, 0.717) is 29.3 Å². The largest absolute Gasteiger partial charge is 0.308 e. The summed E-state index contributed by atoms with van der Waals surface area (Å²) in [7, 11) is 0.607. The number of fused-ring (bicyclic) bond motifs is 1. The van der Waals surface area contributed by atoms with Crippen LogP contribution < -0.4 is 4.90 Å². The predicted octanol–water partition coefficient (Wildman–Crippen LogP) is 3.95. The van der Waals surface area contributed by atoms with Crippen LogP contribution in [0.2, 0.25) is 0 Å². The van der Waals surface area contributed by atoms with E-state index in [-0.39, 0.29) is 23.2 Å². The lowest BCUT2D eigenvalue weighted by Crippen LogP contribution is -2.37. The molecule has 0 radical (unpaired) electrons. The molecule has 6 nitrogen and oxygen atoms in total. The highest BCUT2D eigenvalue weighted by atomic mass is 35.5. The van der Waals surface area contributed by atoms with E-state index in [1.54, 1.807) is 23.1 Å². The van der Waals surface area contributed by atoms with Crippen molar-refractivity contribution in [2.24, 2.45) is 0 Å². The van der Waals surface area contributed by atoms with Gasteiger partial charge in [-0.3, -0.25) is 9.69 Å². The molecule has 0 saturated heterocycles. The molecule has 0 spiro atoms. The number of nitrogens with zero attached hydrogens (tertiary/aromatic N) is 3. The van der Waals surface area contributed by atoms with Crippen LogP contribution in [0, 0.1) is 13.8 Å². The third-order valence-electron chi connectivity index (χ3n) is 4.65. The Hall–Kier alpha value is -2.00. The molecule has 0 atom stereocenters. The molecule has 0 aliphatic rings. The molecule has 2 aromatic carbocycles. The van der Waals surface area contributed by atoms with Crippen LogP contribution in [0.1, 0.15) is 21.5 Å². The van der Waals surface area contributed by atoms with Crippen molar-refractivity contribution in [2.75, 3.05) is 38.3 Å². The van der Waals surface area contributed by atoms with E-state index in [1.165, 1.54) is 17.6 Å².